The molecule has 0 saturated carbocycles. The summed E-state index contributed by atoms with van der Waals surface area (Å²) in [5.74, 6) is -0.107. The van der Waals surface area contributed by atoms with Crippen molar-refractivity contribution < 1.29 is 4.39 Å². The molecule has 0 spiro atoms. The molecule has 1 atom stereocenters. The highest BCUT2D eigenvalue weighted by Gasteiger charge is 2.20. The Morgan fingerprint density at radius 1 is 1.40 bits per heavy atom. The summed E-state index contributed by atoms with van der Waals surface area (Å²) in [6.07, 6.45) is 4.36. The molecule has 1 heterocycles. The van der Waals surface area contributed by atoms with Gasteiger partial charge in [0.15, 0.2) is 0 Å². The third-order valence-electron chi connectivity index (χ3n) is 3.94. The van der Waals surface area contributed by atoms with Crippen LogP contribution >= 0.6 is 0 Å². The highest BCUT2D eigenvalue weighted by molar-refractivity contribution is 5.56. The van der Waals surface area contributed by atoms with Crippen molar-refractivity contribution in [2.24, 2.45) is 0 Å². The van der Waals surface area contributed by atoms with Crippen LogP contribution in [0.3, 0.4) is 0 Å². The van der Waals surface area contributed by atoms with Crippen molar-refractivity contribution in [3.8, 4) is 0 Å². The largest absolute Gasteiger partial charge is 0.367 e. The van der Waals surface area contributed by atoms with Gasteiger partial charge in [0.25, 0.3) is 0 Å². The minimum absolute atomic E-state index is 0.0400. The molecule has 1 aliphatic heterocycles. The summed E-state index contributed by atoms with van der Waals surface area (Å²) in [6.45, 7) is 9.09. The first kappa shape index (κ1) is 15.0. The molecular weight excluding hydrogens is 251 g/mol. The molecule has 20 heavy (non-hydrogen) atoms. The van der Waals surface area contributed by atoms with Gasteiger partial charge in [-0.2, -0.15) is 0 Å². The van der Waals surface area contributed by atoms with Gasteiger partial charge in [0.2, 0.25) is 0 Å². The minimum Gasteiger partial charge on any atom is -0.367 e. The van der Waals surface area contributed by atoms with Gasteiger partial charge in [0, 0.05) is 30.4 Å². The lowest BCUT2D eigenvalue weighted by atomic mass is 10.0. The number of anilines is 1. The standard InChI is InChI=1S/C17H25FN2/c1-4-10-19-14(3)17-15(18)6-5-7-16(17)20-11-8-13(2)9-12-20/h5-8,14,19H,4,9-12H2,1-3H3. The Bertz CT molecular complexity index is 482. The van der Waals surface area contributed by atoms with Crippen LogP contribution in [0.25, 0.3) is 0 Å². The van der Waals surface area contributed by atoms with E-state index in [4.69, 9.17) is 0 Å². The monoisotopic (exact) mass is 276 g/mol. The zero-order valence-electron chi connectivity index (χ0n) is 12.7. The molecule has 1 aromatic rings. The average molecular weight is 276 g/mol. The van der Waals surface area contributed by atoms with Crippen LogP contribution in [-0.4, -0.2) is 19.6 Å². The van der Waals surface area contributed by atoms with Gasteiger partial charge in [-0.3, -0.25) is 0 Å². The van der Waals surface area contributed by atoms with Crippen molar-refractivity contribution in [1.29, 1.82) is 0 Å². The maximum Gasteiger partial charge on any atom is 0.130 e. The molecule has 0 aromatic heterocycles. The van der Waals surface area contributed by atoms with Crippen LogP contribution in [0.1, 0.15) is 45.2 Å². The van der Waals surface area contributed by atoms with Crippen LogP contribution in [0, 0.1) is 5.82 Å². The van der Waals surface area contributed by atoms with E-state index in [1.54, 1.807) is 6.07 Å². The van der Waals surface area contributed by atoms with Crippen LogP contribution in [0.4, 0.5) is 10.1 Å². The van der Waals surface area contributed by atoms with E-state index in [9.17, 15) is 4.39 Å². The van der Waals surface area contributed by atoms with E-state index >= 15 is 0 Å². The van der Waals surface area contributed by atoms with Gasteiger partial charge in [-0.1, -0.05) is 24.6 Å². The minimum atomic E-state index is -0.107. The number of nitrogens with one attached hydrogen (secondary N) is 1. The molecule has 3 heteroatoms. The third-order valence-corrected chi connectivity index (χ3v) is 3.94. The molecule has 1 unspecified atom stereocenters. The fraction of sp³-hybridized carbons (Fsp3) is 0.529. The molecule has 1 N–H and O–H groups in total. The Morgan fingerprint density at radius 3 is 2.85 bits per heavy atom. The van der Waals surface area contributed by atoms with Crippen LogP contribution < -0.4 is 10.2 Å². The molecule has 1 aliphatic rings. The quantitative estimate of drug-likeness (QED) is 0.816. The summed E-state index contributed by atoms with van der Waals surface area (Å²) >= 11 is 0. The first-order valence-corrected chi connectivity index (χ1v) is 7.55. The summed E-state index contributed by atoms with van der Waals surface area (Å²) in [5.41, 5.74) is 3.26. The second-order valence-corrected chi connectivity index (χ2v) is 5.59. The van der Waals surface area contributed by atoms with E-state index in [0.717, 1.165) is 43.7 Å². The Hall–Kier alpha value is -1.35. The normalized spacial score (nSPS) is 17.0. The Balaban J connectivity index is 2.26. The summed E-state index contributed by atoms with van der Waals surface area (Å²) in [7, 11) is 0. The number of benzene rings is 1. The molecule has 0 radical (unpaired) electrons. The highest BCUT2D eigenvalue weighted by Crippen LogP contribution is 2.30. The molecule has 0 saturated heterocycles. The number of halogens is 1. The molecule has 110 valence electrons. The third kappa shape index (κ3) is 3.40. The number of rotatable bonds is 5. The fourth-order valence-corrected chi connectivity index (χ4v) is 2.68. The summed E-state index contributed by atoms with van der Waals surface area (Å²) in [5, 5.41) is 3.40. The molecule has 1 aromatic carbocycles. The van der Waals surface area contributed by atoms with Crippen molar-refractivity contribution in [3.63, 3.8) is 0 Å². The van der Waals surface area contributed by atoms with Gasteiger partial charge >= 0.3 is 0 Å². The molecular formula is C17H25FN2. The van der Waals surface area contributed by atoms with Gasteiger partial charge in [-0.15, -0.1) is 0 Å². The van der Waals surface area contributed by atoms with Crippen molar-refractivity contribution in [2.75, 3.05) is 24.5 Å². The van der Waals surface area contributed by atoms with Crippen LogP contribution in [0.5, 0.6) is 0 Å². The lowest BCUT2D eigenvalue weighted by Gasteiger charge is -2.31. The van der Waals surface area contributed by atoms with Crippen LogP contribution in [-0.2, 0) is 0 Å². The van der Waals surface area contributed by atoms with E-state index in [1.807, 2.05) is 19.1 Å². The van der Waals surface area contributed by atoms with E-state index < -0.39 is 0 Å². The molecule has 2 nitrogen and oxygen atoms in total. The van der Waals surface area contributed by atoms with Gasteiger partial charge in [0.05, 0.1) is 0 Å². The molecule has 2 rings (SSSR count). The predicted molar refractivity (Wildman–Crippen MR) is 83.7 cm³/mol. The smallest absolute Gasteiger partial charge is 0.130 e. The van der Waals surface area contributed by atoms with E-state index in [0.29, 0.717) is 0 Å². The van der Waals surface area contributed by atoms with E-state index in [1.165, 1.54) is 5.57 Å². The van der Waals surface area contributed by atoms with Crippen molar-refractivity contribution in [3.05, 3.63) is 41.2 Å². The summed E-state index contributed by atoms with van der Waals surface area (Å²) in [4.78, 5) is 2.27. The van der Waals surface area contributed by atoms with Gasteiger partial charge in [-0.25, -0.2) is 4.39 Å². The lowest BCUT2D eigenvalue weighted by molar-refractivity contribution is 0.526. The molecule has 0 fully saturated rings. The van der Waals surface area contributed by atoms with Crippen molar-refractivity contribution in [1.82, 2.24) is 5.32 Å². The van der Waals surface area contributed by atoms with E-state index in [-0.39, 0.29) is 11.9 Å². The summed E-state index contributed by atoms with van der Waals surface area (Å²) in [6, 6.07) is 5.45. The lowest BCUT2D eigenvalue weighted by Crippen LogP contribution is -2.31. The summed E-state index contributed by atoms with van der Waals surface area (Å²) < 4.78 is 14.3. The van der Waals surface area contributed by atoms with Gasteiger partial charge in [0.1, 0.15) is 5.82 Å². The first-order chi connectivity index (χ1) is 9.63. The van der Waals surface area contributed by atoms with E-state index in [2.05, 4.69) is 30.1 Å². The maximum atomic E-state index is 14.3. The molecule has 0 aliphatic carbocycles. The second-order valence-electron chi connectivity index (χ2n) is 5.59. The topological polar surface area (TPSA) is 15.3 Å². The number of nitrogens with zero attached hydrogens (tertiary/aromatic N) is 1. The van der Waals surface area contributed by atoms with Gasteiger partial charge < -0.3 is 10.2 Å². The SMILES string of the molecule is CCCNC(C)c1c(F)cccc1N1CC=C(C)CC1. The highest BCUT2D eigenvalue weighted by atomic mass is 19.1. The Kier molecular flexibility index (Phi) is 5.18. The number of hydrogen-bond acceptors (Lipinski definition) is 2. The first-order valence-electron chi connectivity index (χ1n) is 7.55. The second kappa shape index (κ2) is 6.89. The van der Waals surface area contributed by atoms with Crippen LogP contribution in [0.2, 0.25) is 0 Å². The van der Waals surface area contributed by atoms with Gasteiger partial charge in [-0.05, 0) is 45.4 Å². The Labute approximate surface area is 121 Å². The number of hydrogen-bond donors (Lipinski definition) is 1. The zero-order chi connectivity index (χ0) is 14.5. The predicted octanol–water partition coefficient (Wildman–Crippen LogP) is 4.04. The zero-order valence-corrected chi connectivity index (χ0v) is 12.7. The fourth-order valence-electron chi connectivity index (χ4n) is 2.68. The molecule has 0 bridgehead atoms. The average Bonchev–Trinajstić information content (AvgIpc) is 2.45. The van der Waals surface area contributed by atoms with Crippen LogP contribution in [0.15, 0.2) is 29.8 Å². The Morgan fingerprint density at radius 2 is 2.20 bits per heavy atom. The van der Waals surface area contributed by atoms with Crippen molar-refractivity contribution in [2.45, 2.75) is 39.7 Å². The molecule has 0 amide bonds. The van der Waals surface area contributed by atoms with Crippen molar-refractivity contribution >= 4 is 5.69 Å². The maximum absolute atomic E-state index is 14.3.